The number of morpholine rings is 1. The summed E-state index contributed by atoms with van der Waals surface area (Å²) in [5.41, 5.74) is 8.53. The van der Waals surface area contributed by atoms with Crippen molar-refractivity contribution in [1.82, 2.24) is 8.87 Å². The first kappa shape index (κ1) is 22.3. The number of para-hydroxylation sites is 1. The molecule has 0 aliphatic carbocycles. The zero-order chi connectivity index (χ0) is 24.0. The molecule has 9 nitrogen and oxygen atoms in total. The molecule has 2 N–H and O–H groups in total. The first-order valence-corrected chi connectivity index (χ1v) is 12.3. The molecule has 2 aliphatic rings. The lowest BCUT2D eigenvalue weighted by molar-refractivity contribution is -0.118. The SMILES string of the molecule is CN1C(=O)/C(=C\c2cn(CC(N)=O)c3ccccc23)c2cc(S(=O)(=O)N3CCOCC3)ccc21. The highest BCUT2D eigenvalue weighted by atomic mass is 32.2. The molecule has 5 rings (SSSR count). The summed E-state index contributed by atoms with van der Waals surface area (Å²) in [4.78, 5) is 26.3. The van der Waals surface area contributed by atoms with Crippen LogP contribution in [-0.2, 0) is 30.9 Å². The molecule has 0 spiro atoms. The van der Waals surface area contributed by atoms with E-state index in [9.17, 15) is 18.0 Å². The summed E-state index contributed by atoms with van der Waals surface area (Å²) in [6.07, 6.45) is 3.53. The van der Waals surface area contributed by atoms with E-state index < -0.39 is 15.9 Å². The van der Waals surface area contributed by atoms with Crippen LogP contribution in [0.25, 0.3) is 22.6 Å². The van der Waals surface area contributed by atoms with Gasteiger partial charge in [0.15, 0.2) is 0 Å². The van der Waals surface area contributed by atoms with Crippen molar-refractivity contribution in [3.8, 4) is 0 Å². The minimum atomic E-state index is -3.72. The number of hydrogen-bond donors (Lipinski definition) is 1. The van der Waals surface area contributed by atoms with Crippen molar-refractivity contribution in [2.75, 3.05) is 38.3 Å². The lowest BCUT2D eigenvalue weighted by Gasteiger charge is -2.26. The molecule has 2 aliphatic heterocycles. The summed E-state index contributed by atoms with van der Waals surface area (Å²) in [6.45, 7) is 1.30. The van der Waals surface area contributed by atoms with Gasteiger partial charge in [0.25, 0.3) is 5.91 Å². The van der Waals surface area contributed by atoms with Gasteiger partial charge in [-0.1, -0.05) is 18.2 Å². The summed E-state index contributed by atoms with van der Waals surface area (Å²) in [5.74, 6) is -0.706. The molecular formula is C24H24N4O5S. The predicted molar refractivity (Wildman–Crippen MR) is 128 cm³/mol. The zero-order valence-corrected chi connectivity index (χ0v) is 19.4. The number of sulfonamides is 1. The molecule has 1 aromatic heterocycles. The number of nitrogens with zero attached hydrogens (tertiary/aromatic N) is 3. The maximum absolute atomic E-state index is 13.2. The highest BCUT2D eigenvalue weighted by Gasteiger charge is 2.33. The van der Waals surface area contributed by atoms with Crippen molar-refractivity contribution in [2.24, 2.45) is 5.73 Å². The smallest absolute Gasteiger partial charge is 0.258 e. The average Bonchev–Trinajstić information content (AvgIpc) is 3.29. The van der Waals surface area contributed by atoms with Gasteiger partial charge >= 0.3 is 0 Å². The second-order valence-corrected chi connectivity index (χ2v) is 10.3. The standard InChI is InChI=1S/C24H24N4O5S/c1-26-21-7-6-17(34(31,32)28-8-10-33-11-9-28)13-19(21)20(24(26)30)12-16-14-27(15-23(25)29)22-5-3-2-4-18(16)22/h2-7,12-14H,8-11,15H2,1H3,(H2,25,29)/b20-12-. The Morgan fingerprint density at radius 2 is 1.88 bits per heavy atom. The lowest BCUT2D eigenvalue weighted by atomic mass is 10.0. The highest BCUT2D eigenvalue weighted by molar-refractivity contribution is 7.89. The minimum Gasteiger partial charge on any atom is -0.379 e. The molecule has 0 saturated carbocycles. The van der Waals surface area contributed by atoms with Crippen LogP contribution in [0.3, 0.4) is 0 Å². The van der Waals surface area contributed by atoms with E-state index in [2.05, 4.69) is 0 Å². The quantitative estimate of drug-likeness (QED) is 0.558. The third-order valence-electron chi connectivity index (χ3n) is 6.21. The molecule has 0 unspecified atom stereocenters. The fraction of sp³-hybridized carbons (Fsp3) is 0.250. The largest absolute Gasteiger partial charge is 0.379 e. The maximum Gasteiger partial charge on any atom is 0.258 e. The maximum atomic E-state index is 13.2. The summed E-state index contributed by atoms with van der Waals surface area (Å²) in [5, 5.41) is 0.859. The van der Waals surface area contributed by atoms with Crippen LogP contribution in [0.2, 0.25) is 0 Å². The van der Waals surface area contributed by atoms with Crippen molar-refractivity contribution in [2.45, 2.75) is 11.4 Å². The second-order valence-electron chi connectivity index (χ2n) is 8.31. The van der Waals surface area contributed by atoms with Gasteiger partial charge in [-0.15, -0.1) is 0 Å². The summed E-state index contributed by atoms with van der Waals surface area (Å²) < 4.78 is 34.8. The average molecular weight is 481 g/mol. The number of amides is 2. The molecule has 10 heteroatoms. The van der Waals surface area contributed by atoms with E-state index in [4.69, 9.17) is 10.5 Å². The van der Waals surface area contributed by atoms with Crippen molar-refractivity contribution in [3.63, 3.8) is 0 Å². The molecule has 0 radical (unpaired) electrons. The topological polar surface area (TPSA) is 115 Å². The third kappa shape index (κ3) is 3.69. The van der Waals surface area contributed by atoms with Crippen LogP contribution in [-0.4, -0.2) is 62.5 Å². The van der Waals surface area contributed by atoms with Gasteiger partial charge in [-0.25, -0.2) is 8.42 Å². The monoisotopic (exact) mass is 480 g/mol. The zero-order valence-electron chi connectivity index (χ0n) is 18.6. The minimum absolute atomic E-state index is 0.00998. The Hall–Kier alpha value is -3.47. The van der Waals surface area contributed by atoms with Gasteiger partial charge in [-0.2, -0.15) is 4.31 Å². The first-order valence-electron chi connectivity index (χ1n) is 10.9. The van der Waals surface area contributed by atoms with E-state index in [1.54, 1.807) is 36.0 Å². The Morgan fingerprint density at radius 3 is 2.62 bits per heavy atom. The van der Waals surface area contributed by atoms with Crippen molar-refractivity contribution in [3.05, 3.63) is 59.8 Å². The Kier molecular flexibility index (Phi) is 5.51. The number of anilines is 1. The van der Waals surface area contributed by atoms with Gasteiger partial charge < -0.3 is 19.9 Å². The fourth-order valence-electron chi connectivity index (χ4n) is 4.51. The molecule has 1 saturated heterocycles. The summed E-state index contributed by atoms with van der Waals surface area (Å²) in [6, 6.07) is 12.3. The van der Waals surface area contributed by atoms with E-state index in [1.807, 2.05) is 24.3 Å². The Morgan fingerprint density at radius 1 is 1.15 bits per heavy atom. The van der Waals surface area contributed by atoms with Crippen molar-refractivity contribution < 1.29 is 22.7 Å². The summed E-state index contributed by atoms with van der Waals surface area (Å²) >= 11 is 0. The molecule has 3 aromatic rings. The second kappa shape index (κ2) is 8.39. The Balaban J connectivity index is 1.62. The van der Waals surface area contributed by atoms with E-state index >= 15 is 0 Å². The Bertz CT molecular complexity index is 1450. The lowest BCUT2D eigenvalue weighted by Crippen LogP contribution is -2.40. The number of aromatic nitrogens is 1. The van der Waals surface area contributed by atoms with Crippen LogP contribution in [0.5, 0.6) is 0 Å². The number of fused-ring (bicyclic) bond motifs is 2. The molecule has 3 heterocycles. The molecule has 176 valence electrons. The molecule has 2 aromatic carbocycles. The van der Waals surface area contributed by atoms with Gasteiger partial charge in [0, 0.05) is 53.9 Å². The van der Waals surface area contributed by atoms with Crippen molar-refractivity contribution >= 4 is 50.1 Å². The normalized spacial score (nSPS) is 18.1. The molecular weight excluding hydrogens is 456 g/mol. The van der Waals surface area contributed by atoms with E-state index in [0.29, 0.717) is 43.1 Å². The number of rotatable bonds is 5. The highest BCUT2D eigenvalue weighted by Crippen LogP contribution is 2.39. The van der Waals surface area contributed by atoms with E-state index in [0.717, 1.165) is 16.5 Å². The first-order chi connectivity index (χ1) is 16.3. The molecule has 0 atom stereocenters. The van der Waals surface area contributed by atoms with Crippen molar-refractivity contribution in [1.29, 1.82) is 0 Å². The van der Waals surface area contributed by atoms with E-state index in [1.165, 1.54) is 15.3 Å². The van der Waals surface area contributed by atoms with Crippen LogP contribution in [0.15, 0.2) is 53.6 Å². The van der Waals surface area contributed by atoms with Crippen LogP contribution >= 0.6 is 0 Å². The van der Waals surface area contributed by atoms with Gasteiger partial charge in [0.05, 0.1) is 23.8 Å². The number of ether oxygens (including phenoxy) is 1. The molecule has 2 amide bonds. The van der Waals surface area contributed by atoms with Crippen LogP contribution in [0.4, 0.5) is 5.69 Å². The fourth-order valence-corrected chi connectivity index (χ4v) is 5.94. The number of carbonyl (C=O) groups is 2. The molecule has 34 heavy (non-hydrogen) atoms. The Labute approximate surface area is 197 Å². The molecule has 1 fully saturated rings. The number of likely N-dealkylation sites (N-methyl/N-ethyl adjacent to an activating group) is 1. The van der Waals surface area contributed by atoms with Gasteiger partial charge in [0.2, 0.25) is 15.9 Å². The number of hydrogen-bond acceptors (Lipinski definition) is 5. The van der Waals surface area contributed by atoms with Gasteiger partial charge in [-0.05, 0) is 30.3 Å². The van der Waals surface area contributed by atoms with Gasteiger partial charge in [-0.3, -0.25) is 9.59 Å². The number of carbonyl (C=O) groups excluding carboxylic acids is 2. The summed E-state index contributed by atoms with van der Waals surface area (Å²) in [7, 11) is -2.06. The van der Waals surface area contributed by atoms with Gasteiger partial charge in [0.1, 0.15) is 6.54 Å². The number of nitrogens with two attached hydrogens (primary N) is 1. The van der Waals surface area contributed by atoms with Crippen LogP contribution in [0.1, 0.15) is 11.1 Å². The third-order valence-corrected chi connectivity index (χ3v) is 8.10. The van der Waals surface area contributed by atoms with E-state index in [-0.39, 0.29) is 17.3 Å². The predicted octanol–water partition coefficient (Wildman–Crippen LogP) is 1.66. The number of primary amides is 1. The van der Waals surface area contributed by atoms with Crippen LogP contribution in [0, 0.1) is 0 Å². The van der Waals surface area contributed by atoms with Crippen LogP contribution < -0.4 is 10.6 Å². The number of benzene rings is 2. The molecule has 0 bridgehead atoms.